The Labute approximate surface area is 126 Å². The number of allylic oxidation sites excluding steroid dienone is 3. The standard InChI is InChI=1S/C17H24N4/c1-2-4-13(5-3-1)20-17-18-9-8-15(21-17)14-11-19-16(14)10-12-6-7-12/h8-9,11-13,17,20-21H,1-7,10H2. The zero-order chi connectivity index (χ0) is 14.1. The molecule has 0 amide bonds. The van der Waals surface area contributed by atoms with E-state index in [4.69, 9.17) is 0 Å². The fraction of sp³-hybridized carbons (Fsp3) is 0.647. The highest BCUT2D eigenvalue weighted by Crippen LogP contribution is 2.38. The molecule has 0 saturated heterocycles. The van der Waals surface area contributed by atoms with Crippen LogP contribution in [0.2, 0.25) is 0 Å². The summed E-state index contributed by atoms with van der Waals surface area (Å²) in [6.07, 6.45) is 16.6. The normalized spacial score (nSPS) is 29.1. The topological polar surface area (TPSA) is 48.8 Å². The molecule has 0 aromatic carbocycles. The van der Waals surface area contributed by atoms with Gasteiger partial charge in [0.15, 0.2) is 6.29 Å². The molecule has 2 N–H and O–H groups in total. The lowest BCUT2D eigenvalue weighted by Gasteiger charge is -2.30. The molecule has 2 aliphatic carbocycles. The van der Waals surface area contributed by atoms with Crippen LogP contribution in [-0.4, -0.2) is 24.8 Å². The van der Waals surface area contributed by atoms with Crippen molar-refractivity contribution in [1.82, 2.24) is 10.6 Å². The SMILES string of the molecule is C1=NC(CC2CC2)=C1C1=CC=NC(NC2CCCCC2)N1. The molecule has 4 rings (SSSR count). The van der Waals surface area contributed by atoms with Crippen LogP contribution in [0.25, 0.3) is 0 Å². The van der Waals surface area contributed by atoms with Gasteiger partial charge in [-0.15, -0.1) is 0 Å². The van der Waals surface area contributed by atoms with Gasteiger partial charge in [-0.05, 0) is 44.1 Å². The first-order valence-electron chi connectivity index (χ1n) is 8.42. The Kier molecular flexibility index (Phi) is 3.63. The molecular formula is C17H24N4. The first-order chi connectivity index (χ1) is 10.4. The fourth-order valence-corrected chi connectivity index (χ4v) is 3.38. The van der Waals surface area contributed by atoms with Gasteiger partial charge in [-0.25, -0.2) is 0 Å². The summed E-state index contributed by atoms with van der Waals surface area (Å²) in [6, 6.07) is 0.614. The average Bonchev–Trinajstić information content (AvgIpc) is 3.29. The van der Waals surface area contributed by atoms with Crippen LogP contribution in [0, 0.1) is 5.92 Å². The van der Waals surface area contributed by atoms with E-state index < -0.39 is 0 Å². The zero-order valence-electron chi connectivity index (χ0n) is 12.5. The van der Waals surface area contributed by atoms with Gasteiger partial charge in [-0.1, -0.05) is 19.3 Å². The van der Waals surface area contributed by atoms with E-state index in [0.29, 0.717) is 6.04 Å². The van der Waals surface area contributed by atoms with Crippen LogP contribution in [0.4, 0.5) is 0 Å². The molecule has 2 fully saturated rings. The van der Waals surface area contributed by atoms with Crippen LogP contribution in [0.15, 0.2) is 33.0 Å². The predicted octanol–water partition coefficient (Wildman–Crippen LogP) is 2.89. The van der Waals surface area contributed by atoms with Crippen LogP contribution in [-0.2, 0) is 0 Å². The van der Waals surface area contributed by atoms with Gasteiger partial charge in [0.1, 0.15) is 0 Å². The fourth-order valence-electron chi connectivity index (χ4n) is 3.38. The molecule has 0 radical (unpaired) electrons. The van der Waals surface area contributed by atoms with Gasteiger partial charge >= 0.3 is 0 Å². The lowest BCUT2D eigenvalue weighted by molar-refractivity contribution is 0.323. The third kappa shape index (κ3) is 3.10. The van der Waals surface area contributed by atoms with Gasteiger partial charge in [0.25, 0.3) is 0 Å². The van der Waals surface area contributed by atoms with Crippen molar-refractivity contribution in [3.63, 3.8) is 0 Å². The summed E-state index contributed by atoms with van der Waals surface area (Å²) in [7, 11) is 0. The summed E-state index contributed by atoms with van der Waals surface area (Å²) in [5, 5.41) is 7.17. The summed E-state index contributed by atoms with van der Waals surface area (Å²) in [5.74, 6) is 0.890. The zero-order valence-corrected chi connectivity index (χ0v) is 12.5. The van der Waals surface area contributed by atoms with Crippen molar-refractivity contribution in [3.05, 3.63) is 23.0 Å². The van der Waals surface area contributed by atoms with Gasteiger partial charge < -0.3 is 5.32 Å². The Morgan fingerprint density at radius 3 is 2.71 bits per heavy atom. The van der Waals surface area contributed by atoms with E-state index in [-0.39, 0.29) is 6.29 Å². The van der Waals surface area contributed by atoms with Crippen LogP contribution in [0.1, 0.15) is 51.4 Å². The Morgan fingerprint density at radius 2 is 2.00 bits per heavy atom. The molecule has 1 atom stereocenters. The van der Waals surface area contributed by atoms with Gasteiger partial charge in [0, 0.05) is 29.7 Å². The van der Waals surface area contributed by atoms with Crippen molar-refractivity contribution in [1.29, 1.82) is 0 Å². The first kappa shape index (κ1) is 13.3. The summed E-state index contributed by atoms with van der Waals surface area (Å²) < 4.78 is 0. The maximum Gasteiger partial charge on any atom is 0.173 e. The van der Waals surface area contributed by atoms with Gasteiger partial charge in [-0.2, -0.15) is 0 Å². The summed E-state index contributed by atoms with van der Waals surface area (Å²) in [5.41, 5.74) is 3.76. The minimum Gasteiger partial charge on any atom is -0.351 e. The first-order valence-corrected chi connectivity index (χ1v) is 8.42. The van der Waals surface area contributed by atoms with Crippen molar-refractivity contribution in [2.75, 3.05) is 0 Å². The predicted molar refractivity (Wildman–Crippen MR) is 86.4 cm³/mol. The molecule has 2 heterocycles. The van der Waals surface area contributed by atoms with E-state index in [9.17, 15) is 0 Å². The van der Waals surface area contributed by atoms with Crippen molar-refractivity contribution >= 4 is 12.4 Å². The smallest absolute Gasteiger partial charge is 0.173 e. The Balaban J connectivity index is 1.36. The highest BCUT2D eigenvalue weighted by molar-refractivity contribution is 5.94. The number of aliphatic imine (C=N–C) groups is 2. The largest absolute Gasteiger partial charge is 0.351 e. The maximum absolute atomic E-state index is 4.52. The van der Waals surface area contributed by atoms with E-state index >= 15 is 0 Å². The third-order valence-electron chi connectivity index (χ3n) is 4.90. The third-order valence-corrected chi connectivity index (χ3v) is 4.90. The molecule has 0 aromatic heterocycles. The Bertz CT molecular complexity index is 519. The van der Waals surface area contributed by atoms with E-state index in [0.717, 1.165) is 12.3 Å². The molecule has 0 bridgehead atoms. The van der Waals surface area contributed by atoms with Crippen molar-refractivity contribution in [2.24, 2.45) is 15.9 Å². The number of nitrogens with one attached hydrogen (secondary N) is 2. The lowest BCUT2D eigenvalue weighted by Crippen LogP contribution is -2.48. The van der Waals surface area contributed by atoms with Crippen molar-refractivity contribution < 1.29 is 0 Å². The molecule has 21 heavy (non-hydrogen) atoms. The minimum absolute atomic E-state index is 0.0248. The molecule has 0 spiro atoms. The molecular weight excluding hydrogens is 260 g/mol. The maximum atomic E-state index is 4.52. The summed E-state index contributed by atoms with van der Waals surface area (Å²) in [6.45, 7) is 0. The highest BCUT2D eigenvalue weighted by Gasteiger charge is 2.28. The quantitative estimate of drug-likeness (QED) is 0.815. The second-order valence-corrected chi connectivity index (χ2v) is 6.69. The Morgan fingerprint density at radius 1 is 1.14 bits per heavy atom. The summed E-state index contributed by atoms with van der Waals surface area (Å²) in [4.78, 5) is 8.98. The number of hydrogen-bond acceptors (Lipinski definition) is 4. The molecule has 2 aliphatic heterocycles. The van der Waals surface area contributed by atoms with E-state index in [2.05, 4.69) is 26.7 Å². The van der Waals surface area contributed by atoms with Gasteiger partial charge in [0.2, 0.25) is 0 Å². The second-order valence-electron chi connectivity index (χ2n) is 6.69. The summed E-state index contributed by atoms with van der Waals surface area (Å²) >= 11 is 0. The molecule has 112 valence electrons. The van der Waals surface area contributed by atoms with E-state index in [1.54, 1.807) is 0 Å². The van der Waals surface area contributed by atoms with Crippen molar-refractivity contribution in [2.45, 2.75) is 63.7 Å². The molecule has 4 aliphatic rings. The van der Waals surface area contributed by atoms with E-state index in [1.165, 1.54) is 61.9 Å². The van der Waals surface area contributed by atoms with Crippen LogP contribution >= 0.6 is 0 Å². The van der Waals surface area contributed by atoms with Crippen LogP contribution in [0.3, 0.4) is 0 Å². The second kappa shape index (κ2) is 5.76. The average molecular weight is 284 g/mol. The molecule has 4 heteroatoms. The van der Waals surface area contributed by atoms with Crippen molar-refractivity contribution in [3.8, 4) is 0 Å². The number of hydrogen-bond donors (Lipinski definition) is 2. The van der Waals surface area contributed by atoms with E-state index in [1.807, 2.05) is 12.4 Å². The molecule has 0 aromatic rings. The van der Waals surface area contributed by atoms with Crippen LogP contribution < -0.4 is 10.6 Å². The molecule has 4 nitrogen and oxygen atoms in total. The molecule has 2 saturated carbocycles. The van der Waals surface area contributed by atoms with Crippen LogP contribution in [0.5, 0.6) is 0 Å². The highest BCUT2D eigenvalue weighted by atomic mass is 15.3. The lowest BCUT2D eigenvalue weighted by atomic mass is 9.95. The monoisotopic (exact) mass is 284 g/mol. The number of rotatable bonds is 5. The number of nitrogens with zero attached hydrogens (tertiary/aromatic N) is 2. The minimum atomic E-state index is 0.0248. The van der Waals surface area contributed by atoms with Gasteiger partial charge in [-0.3, -0.25) is 15.3 Å². The Hall–Kier alpha value is -1.42. The molecule has 1 unspecified atom stereocenters. The van der Waals surface area contributed by atoms with Gasteiger partial charge in [0.05, 0.1) is 5.70 Å².